The molecule has 3 atom stereocenters. The third-order valence-electron chi connectivity index (χ3n) is 3.58. The molecule has 1 aliphatic heterocycles. The Bertz CT molecular complexity index is 376. The second kappa shape index (κ2) is 6.89. The van der Waals surface area contributed by atoms with Crippen LogP contribution in [-0.2, 0) is 11.2 Å². The van der Waals surface area contributed by atoms with E-state index in [1.54, 1.807) is 12.1 Å². The van der Waals surface area contributed by atoms with Crippen LogP contribution in [0.3, 0.4) is 0 Å². The van der Waals surface area contributed by atoms with E-state index >= 15 is 0 Å². The lowest BCUT2D eigenvalue weighted by Crippen LogP contribution is -2.31. The lowest BCUT2D eigenvalue weighted by molar-refractivity contribution is -0.0618. The molecule has 19 heavy (non-hydrogen) atoms. The fraction of sp³-hybridized carbons (Fsp3) is 0.600. The molecule has 0 amide bonds. The number of benzene rings is 1. The zero-order chi connectivity index (χ0) is 13.7. The summed E-state index contributed by atoms with van der Waals surface area (Å²) in [5, 5.41) is 28.7. The Morgan fingerprint density at radius 1 is 1.26 bits per heavy atom. The van der Waals surface area contributed by atoms with Crippen LogP contribution < -0.4 is 0 Å². The normalized spacial score (nSPS) is 25.2. The zero-order valence-electron chi connectivity index (χ0n) is 11.0. The first-order valence-electron chi connectivity index (χ1n) is 6.89. The largest absolute Gasteiger partial charge is 0.508 e. The molecule has 0 bridgehead atoms. The van der Waals surface area contributed by atoms with Gasteiger partial charge in [-0.3, -0.25) is 0 Å². The molecule has 2 rings (SSSR count). The summed E-state index contributed by atoms with van der Waals surface area (Å²) in [7, 11) is 0. The summed E-state index contributed by atoms with van der Waals surface area (Å²) < 4.78 is 5.53. The maximum atomic E-state index is 9.99. The molecule has 0 radical (unpaired) electrons. The predicted octanol–water partition coefficient (Wildman–Crippen LogP) is 1.62. The number of phenolic OH excluding ortho intramolecular Hbond substituents is 1. The topological polar surface area (TPSA) is 69.9 Å². The Morgan fingerprint density at radius 3 is 2.68 bits per heavy atom. The average Bonchev–Trinajstić information content (AvgIpc) is 2.38. The van der Waals surface area contributed by atoms with Gasteiger partial charge in [-0.2, -0.15) is 0 Å². The molecule has 4 nitrogen and oxygen atoms in total. The van der Waals surface area contributed by atoms with Crippen molar-refractivity contribution in [1.29, 1.82) is 0 Å². The second-order valence-electron chi connectivity index (χ2n) is 5.27. The number of aliphatic hydroxyl groups is 2. The highest BCUT2D eigenvalue weighted by Crippen LogP contribution is 2.20. The highest BCUT2D eigenvalue weighted by molar-refractivity contribution is 5.25. The van der Waals surface area contributed by atoms with Crippen molar-refractivity contribution in [3.63, 3.8) is 0 Å². The molecular formula is C15H22O4. The standard InChI is InChI=1S/C15H22O4/c16-12-4-1-11(2-5-12)3-6-13(17)9-15-10-14(18)7-8-19-15/h1-2,4-5,13-18H,3,6-10H2. The molecule has 1 aromatic rings. The number of phenols is 1. The Morgan fingerprint density at radius 2 is 2.00 bits per heavy atom. The monoisotopic (exact) mass is 266 g/mol. The Balaban J connectivity index is 1.72. The molecular weight excluding hydrogens is 244 g/mol. The first-order valence-corrected chi connectivity index (χ1v) is 6.89. The van der Waals surface area contributed by atoms with Crippen molar-refractivity contribution in [2.24, 2.45) is 0 Å². The molecule has 0 aliphatic carbocycles. The van der Waals surface area contributed by atoms with E-state index in [0.717, 1.165) is 12.0 Å². The predicted molar refractivity (Wildman–Crippen MR) is 72.0 cm³/mol. The highest BCUT2D eigenvalue weighted by Gasteiger charge is 2.23. The number of rotatable bonds is 5. The van der Waals surface area contributed by atoms with Crippen LogP contribution in [0.4, 0.5) is 0 Å². The molecule has 1 heterocycles. The van der Waals surface area contributed by atoms with Gasteiger partial charge in [0.05, 0.1) is 18.3 Å². The van der Waals surface area contributed by atoms with Gasteiger partial charge in [-0.1, -0.05) is 12.1 Å². The lowest BCUT2D eigenvalue weighted by atomic mass is 9.98. The third-order valence-corrected chi connectivity index (χ3v) is 3.58. The van der Waals surface area contributed by atoms with Crippen LogP contribution >= 0.6 is 0 Å². The van der Waals surface area contributed by atoms with Crippen LogP contribution in [0.1, 0.15) is 31.2 Å². The molecule has 1 saturated heterocycles. The summed E-state index contributed by atoms with van der Waals surface area (Å²) in [6.45, 7) is 0.580. The molecule has 3 unspecified atom stereocenters. The van der Waals surface area contributed by atoms with Crippen molar-refractivity contribution >= 4 is 0 Å². The van der Waals surface area contributed by atoms with Gasteiger partial charge in [-0.25, -0.2) is 0 Å². The van der Waals surface area contributed by atoms with Gasteiger partial charge < -0.3 is 20.1 Å². The summed E-state index contributed by atoms with van der Waals surface area (Å²) in [5.74, 6) is 0.258. The number of aryl methyl sites for hydroxylation is 1. The van der Waals surface area contributed by atoms with Gasteiger partial charge in [0, 0.05) is 6.61 Å². The number of aromatic hydroxyl groups is 1. The molecule has 4 heteroatoms. The van der Waals surface area contributed by atoms with Gasteiger partial charge in [0.2, 0.25) is 0 Å². The molecule has 1 aromatic carbocycles. The SMILES string of the molecule is Oc1ccc(CCC(O)CC2CC(O)CCO2)cc1. The van der Waals surface area contributed by atoms with Crippen LogP contribution in [0.5, 0.6) is 5.75 Å². The van der Waals surface area contributed by atoms with Crippen LogP contribution in [0.25, 0.3) is 0 Å². The van der Waals surface area contributed by atoms with E-state index in [4.69, 9.17) is 4.74 Å². The van der Waals surface area contributed by atoms with Gasteiger partial charge in [-0.05, 0) is 49.8 Å². The van der Waals surface area contributed by atoms with E-state index < -0.39 is 6.10 Å². The van der Waals surface area contributed by atoms with Crippen molar-refractivity contribution in [2.45, 2.75) is 50.4 Å². The number of hydrogen-bond donors (Lipinski definition) is 3. The lowest BCUT2D eigenvalue weighted by Gasteiger charge is -2.28. The molecule has 1 fully saturated rings. The van der Waals surface area contributed by atoms with Crippen LogP contribution in [-0.4, -0.2) is 40.2 Å². The first kappa shape index (κ1) is 14.3. The van der Waals surface area contributed by atoms with E-state index in [0.29, 0.717) is 32.3 Å². The van der Waals surface area contributed by atoms with Gasteiger partial charge in [0.15, 0.2) is 0 Å². The van der Waals surface area contributed by atoms with Crippen molar-refractivity contribution in [1.82, 2.24) is 0 Å². The first-order chi connectivity index (χ1) is 9.13. The maximum absolute atomic E-state index is 9.99. The Hall–Kier alpha value is -1.10. The fourth-order valence-electron chi connectivity index (χ4n) is 2.44. The highest BCUT2D eigenvalue weighted by atomic mass is 16.5. The summed E-state index contributed by atoms with van der Waals surface area (Å²) in [5.41, 5.74) is 1.10. The molecule has 0 aromatic heterocycles. The molecule has 1 aliphatic rings. The van der Waals surface area contributed by atoms with Gasteiger partial charge in [0.25, 0.3) is 0 Å². The van der Waals surface area contributed by atoms with Crippen molar-refractivity contribution in [3.8, 4) is 5.75 Å². The summed E-state index contributed by atoms with van der Waals surface area (Å²) >= 11 is 0. The average molecular weight is 266 g/mol. The van der Waals surface area contributed by atoms with E-state index in [-0.39, 0.29) is 18.0 Å². The number of aliphatic hydroxyl groups excluding tert-OH is 2. The fourth-order valence-corrected chi connectivity index (χ4v) is 2.44. The molecule has 3 N–H and O–H groups in total. The summed E-state index contributed by atoms with van der Waals surface area (Å²) in [6.07, 6.45) is 2.61. The molecule has 0 spiro atoms. The minimum absolute atomic E-state index is 0.0291. The van der Waals surface area contributed by atoms with Crippen molar-refractivity contribution in [3.05, 3.63) is 29.8 Å². The van der Waals surface area contributed by atoms with Crippen LogP contribution in [0.2, 0.25) is 0 Å². The minimum atomic E-state index is -0.413. The maximum Gasteiger partial charge on any atom is 0.115 e. The van der Waals surface area contributed by atoms with Crippen molar-refractivity contribution in [2.75, 3.05) is 6.61 Å². The molecule has 106 valence electrons. The molecule has 0 saturated carbocycles. The van der Waals surface area contributed by atoms with E-state index in [1.807, 2.05) is 12.1 Å². The van der Waals surface area contributed by atoms with Crippen molar-refractivity contribution < 1.29 is 20.1 Å². The smallest absolute Gasteiger partial charge is 0.115 e. The van der Waals surface area contributed by atoms with E-state index in [1.165, 1.54) is 0 Å². The third kappa shape index (κ3) is 4.82. The van der Waals surface area contributed by atoms with E-state index in [2.05, 4.69) is 0 Å². The van der Waals surface area contributed by atoms with Gasteiger partial charge in [0.1, 0.15) is 5.75 Å². The summed E-state index contributed by atoms with van der Waals surface area (Å²) in [4.78, 5) is 0. The Labute approximate surface area is 113 Å². The van der Waals surface area contributed by atoms with Crippen LogP contribution in [0.15, 0.2) is 24.3 Å². The van der Waals surface area contributed by atoms with Gasteiger partial charge >= 0.3 is 0 Å². The number of ether oxygens (including phenoxy) is 1. The van der Waals surface area contributed by atoms with E-state index in [9.17, 15) is 15.3 Å². The zero-order valence-corrected chi connectivity index (χ0v) is 11.0. The Kier molecular flexibility index (Phi) is 5.19. The van der Waals surface area contributed by atoms with Crippen LogP contribution in [0, 0.1) is 0 Å². The quantitative estimate of drug-likeness (QED) is 0.757. The second-order valence-corrected chi connectivity index (χ2v) is 5.27. The summed E-state index contributed by atoms with van der Waals surface area (Å²) in [6, 6.07) is 7.04. The minimum Gasteiger partial charge on any atom is -0.508 e. The van der Waals surface area contributed by atoms with Gasteiger partial charge in [-0.15, -0.1) is 0 Å². The number of hydrogen-bond acceptors (Lipinski definition) is 4.